The summed E-state index contributed by atoms with van der Waals surface area (Å²) in [7, 11) is 0. The smallest absolute Gasteiger partial charge is 0.414 e. The zero-order valence-corrected chi connectivity index (χ0v) is 16.6. The van der Waals surface area contributed by atoms with Crippen molar-refractivity contribution in [2.45, 2.75) is 37.9 Å². The van der Waals surface area contributed by atoms with E-state index in [0.29, 0.717) is 28.7 Å². The molecule has 1 N–H and O–H groups in total. The molecule has 2 aromatic rings. The van der Waals surface area contributed by atoms with Crippen LogP contribution in [0.1, 0.15) is 36.0 Å². The molecule has 29 heavy (non-hydrogen) atoms. The molecule has 2 heterocycles. The van der Waals surface area contributed by atoms with Crippen molar-refractivity contribution in [3.8, 4) is 5.88 Å². The van der Waals surface area contributed by atoms with Crippen molar-refractivity contribution in [3.63, 3.8) is 0 Å². The summed E-state index contributed by atoms with van der Waals surface area (Å²) < 4.78 is 11.2. The van der Waals surface area contributed by atoms with Crippen LogP contribution in [0.15, 0.2) is 42.6 Å². The number of carbonyl (C=O) groups excluding carboxylic acids is 2. The number of ether oxygens (including phenoxy) is 2. The number of hydrogen-bond acceptors (Lipinski definition) is 5. The standard InChI is InChI=1S/C21H22ClN3O4/c22-15-4-3-5-16(11-15)25-13-18(29-21(25)27)12-24-20(26)14-8-9-23-19(10-14)28-17-6-1-2-7-17/h3-5,8-11,17-18H,1-2,6-7,12-13H2,(H,24,26)/t18-/m1/s1. The number of carbonyl (C=O) groups is 2. The Bertz CT molecular complexity index is 901. The molecule has 1 aliphatic carbocycles. The van der Waals surface area contributed by atoms with Crippen LogP contribution in [0.3, 0.4) is 0 Å². The lowest BCUT2D eigenvalue weighted by molar-refractivity contribution is 0.0915. The molecule has 7 nitrogen and oxygen atoms in total. The van der Waals surface area contributed by atoms with Crippen LogP contribution in [0.2, 0.25) is 5.02 Å². The number of pyridine rings is 1. The van der Waals surface area contributed by atoms with Gasteiger partial charge in [0.1, 0.15) is 12.2 Å². The third-order valence-corrected chi connectivity index (χ3v) is 5.31. The zero-order valence-electron chi connectivity index (χ0n) is 15.8. The minimum Gasteiger partial charge on any atom is -0.474 e. The van der Waals surface area contributed by atoms with Crippen molar-refractivity contribution in [2.75, 3.05) is 18.0 Å². The van der Waals surface area contributed by atoms with E-state index < -0.39 is 12.2 Å². The van der Waals surface area contributed by atoms with E-state index in [1.54, 1.807) is 42.6 Å². The molecule has 1 aromatic heterocycles. The quantitative estimate of drug-likeness (QED) is 0.775. The van der Waals surface area contributed by atoms with Crippen molar-refractivity contribution >= 4 is 29.3 Å². The molecule has 0 unspecified atom stereocenters. The van der Waals surface area contributed by atoms with Gasteiger partial charge in [-0.1, -0.05) is 17.7 Å². The molecule has 0 spiro atoms. The van der Waals surface area contributed by atoms with Crippen LogP contribution in [0.25, 0.3) is 0 Å². The first-order valence-corrected chi connectivity index (χ1v) is 10.1. The molecule has 0 radical (unpaired) electrons. The summed E-state index contributed by atoms with van der Waals surface area (Å²) in [4.78, 5) is 30.3. The number of rotatable bonds is 6. The molecule has 2 amide bonds. The maximum absolute atomic E-state index is 12.5. The van der Waals surface area contributed by atoms with Gasteiger partial charge in [-0.25, -0.2) is 9.78 Å². The van der Waals surface area contributed by atoms with Crippen LogP contribution in [0.4, 0.5) is 10.5 Å². The maximum atomic E-state index is 12.5. The fourth-order valence-corrected chi connectivity index (χ4v) is 3.77. The molecular formula is C21H22ClN3O4. The fraction of sp³-hybridized carbons (Fsp3) is 0.381. The van der Waals surface area contributed by atoms with Crippen LogP contribution in [0, 0.1) is 0 Å². The van der Waals surface area contributed by atoms with Crippen LogP contribution in [-0.2, 0) is 4.74 Å². The molecule has 1 saturated carbocycles. The summed E-state index contributed by atoms with van der Waals surface area (Å²) in [5, 5.41) is 3.36. The Morgan fingerprint density at radius 2 is 2.10 bits per heavy atom. The first-order valence-electron chi connectivity index (χ1n) is 9.73. The third kappa shape index (κ3) is 4.79. The van der Waals surface area contributed by atoms with E-state index in [4.69, 9.17) is 21.1 Å². The molecule has 1 aromatic carbocycles. The third-order valence-electron chi connectivity index (χ3n) is 5.07. The van der Waals surface area contributed by atoms with Gasteiger partial charge in [-0.2, -0.15) is 0 Å². The Kier molecular flexibility index (Phi) is 5.85. The number of halogens is 1. The second-order valence-corrected chi connectivity index (χ2v) is 7.65. The molecule has 4 rings (SSSR count). The number of nitrogens with zero attached hydrogens (tertiary/aromatic N) is 2. The SMILES string of the molecule is O=C(NC[C@@H]1CN(c2cccc(Cl)c2)C(=O)O1)c1ccnc(OC2CCCC2)c1. The average Bonchev–Trinajstić information content (AvgIpc) is 3.36. The van der Waals surface area contributed by atoms with E-state index >= 15 is 0 Å². The highest BCUT2D eigenvalue weighted by Gasteiger charge is 2.32. The van der Waals surface area contributed by atoms with E-state index in [1.165, 1.54) is 4.90 Å². The number of cyclic esters (lactones) is 1. The van der Waals surface area contributed by atoms with Crippen molar-refractivity contribution in [1.82, 2.24) is 10.3 Å². The lowest BCUT2D eigenvalue weighted by atomic mass is 10.2. The topological polar surface area (TPSA) is 80.8 Å². The minimum atomic E-state index is -0.456. The van der Waals surface area contributed by atoms with E-state index in [-0.39, 0.29) is 18.6 Å². The molecule has 2 aliphatic rings. The van der Waals surface area contributed by atoms with Gasteiger partial charge in [-0.3, -0.25) is 9.69 Å². The largest absolute Gasteiger partial charge is 0.474 e. The Morgan fingerprint density at radius 1 is 1.28 bits per heavy atom. The summed E-state index contributed by atoms with van der Waals surface area (Å²) in [5.41, 5.74) is 1.13. The highest BCUT2D eigenvalue weighted by molar-refractivity contribution is 6.30. The Hall–Kier alpha value is -2.80. The summed E-state index contributed by atoms with van der Waals surface area (Å²) in [5.74, 6) is 0.199. The van der Waals surface area contributed by atoms with Crippen LogP contribution < -0.4 is 15.0 Å². The molecule has 0 bridgehead atoms. The first-order chi connectivity index (χ1) is 14.1. The van der Waals surface area contributed by atoms with E-state index in [1.807, 2.05) is 0 Å². The van der Waals surface area contributed by atoms with Crippen molar-refractivity contribution in [1.29, 1.82) is 0 Å². The van der Waals surface area contributed by atoms with Crippen molar-refractivity contribution in [3.05, 3.63) is 53.2 Å². The monoisotopic (exact) mass is 415 g/mol. The van der Waals surface area contributed by atoms with E-state index in [0.717, 1.165) is 25.7 Å². The van der Waals surface area contributed by atoms with Crippen molar-refractivity contribution < 1.29 is 19.1 Å². The molecule has 1 atom stereocenters. The summed E-state index contributed by atoms with van der Waals surface area (Å²) in [6.07, 6.45) is 5.22. The summed E-state index contributed by atoms with van der Waals surface area (Å²) in [6, 6.07) is 10.3. The van der Waals surface area contributed by atoms with E-state index in [2.05, 4.69) is 10.3 Å². The Balaban J connectivity index is 1.32. The minimum absolute atomic E-state index is 0.177. The lowest BCUT2D eigenvalue weighted by Crippen LogP contribution is -2.34. The number of hydrogen-bond donors (Lipinski definition) is 1. The first kappa shape index (κ1) is 19.5. The zero-order chi connectivity index (χ0) is 20.2. The van der Waals surface area contributed by atoms with Gasteiger partial charge in [0.15, 0.2) is 0 Å². The molecular weight excluding hydrogens is 394 g/mol. The molecule has 8 heteroatoms. The van der Waals surface area contributed by atoms with Gasteiger partial charge >= 0.3 is 6.09 Å². The van der Waals surface area contributed by atoms with Crippen molar-refractivity contribution in [2.24, 2.45) is 0 Å². The van der Waals surface area contributed by atoms with Crippen LogP contribution in [-0.4, -0.2) is 42.3 Å². The second kappa shape index (κ2) is 8.69. The number of amides is 2. The van der Waals surface area contributed by atoms with Gasteiger partial charge in [0.2, 0.25) is 5.88 Å². The maximum Gasteiger partial charge on any atom is 0.414 e. The predicted octanol–water partition coefficient (Wildman–Crippen LogP) is 3.81. The predicted molar refractivity (Wildman–Crippen MR) is 109 cm³/mol. The van der Waals surface area contributed by atoms with Gasteiger partial charge in [-0.15, -0.1) is 0 Å². The van der Waals surface area contributed by atoms with E-state index in [9.17, 15) is 9.59 Å². The van der Waals surface area contributed by atoms with Crippen LogP contribution >= 0.6 is 11.6 Å². The normalized spacial score (nSPS) is 19.3. The summed E-state index contributed by atoms with van der Waals surface area (Å²) >= 11 is 5.99. The molecule has 1 saturated heterocycles. The second-order valence-electron chi connectivity index (χ2n) is 7.21. The van der Waals surface area contributed by atoms with Gasteiger partial charge in [0.25, 0.3) is 5.91 Å². The lowest BCUT2D eigenvalue weighted by Gasteiger charge is -2.14. The van der Waals surface area contributed by atoms with Crippen LogP contribution in [0.5, 0.6) is 5.88 Å². The van der Waals surface area contributed by atoms with Gasteiger partial charge in [0.05, 0.1) is 13.1 Å². The van der Waals surface area contributed by atoms with Gasteiger partial charge < -0.3 is 14.8 Å². The fourth-order valence-electron chi connectivity index (χ4n) is 3.58. The average molecular weight is 416 g/mol. The Morgan fingerprint density at radius 3 is 2.90 bits per heavy atom. The van der Waals surface area contributed by atoms with Gasteiger partial charge in [0, 0.05) is 28.5 Å². The number of nitrogens with one attached hydrogen (secondary N) is 1. The Labute approximate surface area is 174 Å². The molecule has 1 aliphatic heterocycles. The molecule has 2 fully saturated rings. The highest BCUT2D eigenvalue weighted by Crippen LogP contribution is 2.25. The number of anilines is 1. The number of benzene rings is 1. The highest BCUT2D eigenvalue weighted by atomic mass is 35.5. The van der Waals surface area contributed by atoms with Gasteiger partial charge in [-0.05, 0) is 49.9 Å². The number of aromatic nitrogens is 1. The summed E-state index contributed by atoms with van der Waals surface area (Å²) in [6.45, 7) is 0.550. The molecule has 152 valence electrons.